The monoisotopic (exact) mass is 330 g/mol. The summed E-state index contributed by atoms with van der Waals surface area (Å²) in [7, 11) is 1.72. The number of guanidine groups is 1. The van der Waals surface area contributed by atoms with E-state index in [4.69, 9.17) is 4.74 Å². The molecule has 1 aromatic carbocycles. The zero-order valence-corrected chi connectivity index (χ0v) is 15.5. The number of fused-ring (bicyclic) bond motifs is 1. The summed E-state index contributed by atoms with van der Waals surface area (Å²) in [6.07, 6.45) is 3.05. The first-order chi connectivity index (χ1) is 11.5. The minimum atomic E-state index is -0.253. The molecule has 2 aromatic rings. The lowest BCUT2D eigenvalue weighted by Gasteiger charge is -2.21. The summed E-state index contributed by atoms with van der Waals surface area (Å²) in [6.45, 7) is 10.6. The highest BCUT2D eigenvalue weighted by Crippen LogP contribution is 2.21. The fraction of sp³-hybridized carbons (Fsp3) is 0.526. The maximum absolute atomic E-state index is 5.42. The van der Waals surface area contributed by atoms with Gasteiger partial charge in [0.05, 0.1) is 12.1 Å². The molecule has 5 heteroatoms. The van der Waals surface area contributed by atoms with Crippen LogP contribution in [0.5, 0.6) is 0 Å². The van der Waals surface area contributed by atoms with Crippen LogP contribution in [0.1, 0.15) is 31.9 Å². The number of nitrogens with one attached hydrogen (secondary N) is 3. The van der Waals surface area contributed by atoms with Crippen molar-refractivity contribution in [3.05, 3.63) is 35.5 Å². The number of para-hydroxylation sites is 1. The summed E-state index contributed by atoms with van der Waals surface area (Å²) >= 11 is 0. The normalized spacial score (nSPS) is 12.6. The van der Waals surface area contributed by atoms with Gasteiger partial charge in [0.15, 0.2) is 5.96 Å². The van der Waals surface area contributed by atoms with Gasteiger partial charge < -0.3 is 20.4 Å². The Morgan fingerprint density at radius 2 is 2.08 bits per heavy atom. The molecule has 3 N–H and O–H groups in total. The van der Waals surface area contributed by atoms with Gasteiger partial charge in [-0.2, -0.15) is 0 Å². The first-order valence-electron chi connectivity index (χ1n) is 8.59. The van der Waals surface area contributed by atoms with Gasteiger partial charge in [0.1, 0.15) is 0 Å². The smallest absolute Gasteiger partial charge is 0.191 e. The second-order valence-corrected chi connectivity index (χ2v) is 6.65. The van der Waals surface area contributed by atoms with Crippen LogP contribution in [0.2, 0.25) is 0 Å². The topological polar surface area (TPSA) is 61.4 Å². The van der Waals surface area contributed by atoms with E-state index < -0.39 is 0 Å². The first-order valence-corrected chi connectivity index (χ1v) is 8.59. The molecule has 5 nitrogen and oxygen atoms in total. The number of ether oxygens (including phenoxy) is 1. The Hall–Kier alpha value is -2.01. The second-order valence-electron chi connectivity index (χ2n) is 6.65. The Bertz CT molecular complexity index is 688. The average Bonchev–Trinajstić information content (AvgIpc) is 2.97. The predicted molar refractivity (Wildman–Crippen MR) is 102 cm³/mol. The van der Waals surface area contributed by atoms with E-state index in [1.54, 1.807) is 7.11 Å². The maximum atomic E-state index is 5.42. The molecule has 0 aliphatic rings. The van der Waals surface area contributed by atoms with Crippen LogP contribution in [-0.2, 0) is 11.2 Å². The summed E-state index contributed by atoms with van der Waals surface area (Å²) < 4.78 is 5.42. The lowest BCUT2D eigenvalue weighted by Crippen LogP contribution is -2.40. The number of aromatic amines is 1. The first kappa shape index (κ1) is 18.3. The van der Waals surface area contributed by atoms with Crippen molar-refractivity contribution in [2.45, 2.75) is 39.7 Å². The molecule has 0 saturated heterocycles. The number of hydrogen-bond donors (Lipinski definition) is 3. The molecule has 24 heavy (non-hydrogen) atoms. The van der Waals surface area contributed by atoms with E-state index in [0.717, 1.165) is 25.5 Å². The van der Waals surface area contributed by atoms with Crippen LogP contribution in [0.25, 0.3) is 10.9 Å². The number of aromatic nitrogens is 1. The highest BCUT2D eigenvalue weighted by molar-refractivity contribution is 5.86. The molecule has 0 bridgehead atoms. The van der Waals surface area contributed by atoms with Crippen molar-refractivity contribution < 1.29 is 4.74 Å². The predicted octanol–water partition coefficient (Wildman–Crippen LogP) is 3.00. The fourth-order valence-electron chi connectivity index (χ4n) is 2.56. The molecule has 0 aliphatic heterocycles. The van der Waals surface area contributed by atoms with Gasteiger partial charge in [-0.25, -0.2) is 0 Å². The molecule has 0 atom stereocenters. The number of aliphatic imine (C=N–C) groups is 1. The summed E-state index contributed by atoms with van der Waals surface area (Å²) in [5, 5.41) is 7.99. The molecule has 0 saturated carbocycles. The minimum absolute atomic E-state index is 0.253. The minimum Gasteiger partial charge on any atom is -0.377 e. The van der Waals surface area contributed by atoms with E-state index >= 15 is 0 Å². The van der Waals surface area contributed by atoms with E-state index in [1.807, 2.05) is 13.8 Å². The molecule has 0 fully saturated rings. The Labute approximate surface area is 144 Å². The third kappa shape index (κ3) is 4.74. The van der Waals surface area contributed by atoms with E-state index in [9.17, 15) is 0 Å². The number of benzene rings is 1. The molecule has 1 heterocycles. The SMILES string of the molecule is CCNC(=NCC(C)(C)OC)NCCc1c[nH]c2c(C)cccc12. The van der Waals surface area contributed by atoms with Crippen molar-refractivity contribution in [1.82, 2.24) is 15.6 Å². The Balaban J connectivity index is 1.97. The van der Waals surface area contributed by atoms with Crippen LogP contribution in [0, 0.1) is 6.92 Å². The van der Waals surface area contributed by atoms with Gasteiger partial charge in [0.2, 0.25) is 0 Å². The zero-order chi connectivity index (χ0) is 17.6. The van der Waals surface area contributed by atoms with Gasteiger partial charge in [-0.1, -0.05) is 18.2 Å². The van der Waals surface area contributed by atoms with Gasteiger partial charge in [-0.3, -0.25) is 4.99 Å². The lowest BCUT2D eigenvalue weighted by atomic mass is 10.1. The van der Waals surface area contributed by atoms with Gasteiger partial charge in [0.25, 0.3) is 0 Å². The van der Waals surface area contributed by atoms with E-state index in [0.29, 0.717) is 6.54 Å². The standard InChI is InChI=1S/C19H30N4O/c1-6-20-18(23-13-19(3,4)24-5)21-11-10-15-12-22-17-14(2)8-7-9-16(15)17/h7-9,12,22H,6,10-11,13H2,1-5H3,(H2,20,21,23). The number of H-pyrrole nitrogens is 1. The largest absolute Gasteiger partial charge is 0.377 e. The number of hydrogen-bond acceptors (Lipinski definition) is 2. The van der Waals surface area contributed by atoms with Crippen LogP contribution in [0.4, 0.5) is 0 Å². The van der Waals surface area contributed by atoms with Gasteiger partial charge >= 0.3 is 0 Å². The molecule has 0 aliphatic carbocycles. The molecule has 1 aromatic heterocycles. The van der Waals surface area contributed by atoms with Gasteiger partial charge in [0, 0.05) is 37.3 Å². The Morgan fingerprint density at radius 1 is 1.29 bits per heavy atom. The van der Waals surface area contributed by atoms with E-state index in [2.05, 4.69) is 58.9 Å². The second kappa shape index (κ2) is 8.20. The lowest BCUT2D eigenvalue weighted by molar-refractivity contribution is 0.0310. The van der Waals surface area contributed by atoms with Gasteiger partial charge in [-0.15, -0.1) is 0 Å². The quantitative estimate of drug-likeness (QED) is 0.540. The van der Waals surface area contributed by atoms with Crippen LogP contribution in [0.15, 0.2) is 29.4 Å². The summed E-state index contributed by atoms with van der Waals surface area (Å²) in [5.41, 5.74) is 3.59. The Kier molecular flexibility index (Phi) is 6.26. The zero-order valence-electron chi connectivity index (χ0n) is 15.5. The molecule has 132 valence electrons. The summed E-state index contributed by atoms with van der Waals surface area (Å²) in [5.74, 6) is 0.832. The third-order valence-corrected chi connectivity index (χ3v) is 4.21. The van der Waals surface area contributed by atoms with Crippen molar-refractivity contribution in [2.75, 3.05) is 26.7 Å². The van der Waals surface area contributed by atoms with Crippen LogP contribution in [0.3, 0.4) is 0 Å². The number of methoxy groups -OCH3 is 1. The highest BCUT2D eigenvalue weighted by atomic mass is 16.5. The van der Waals surface area contributed by atoms with Crippen LogP contribution < -0.4 is 10.6 Å². The number of rotatable bonds is 7. The van der Waals surface area contributed by atoms with Crippen molar-refractivity contribution in [3.8, 4) is 0 Å². The highest BCUT2D eigenvalue weighted by Gasteiger charge is 2.15. The number of aryl methyl sites for hydroxylation is 1. The molecule has 0 unspecified atom stereocenters. The van der Waals surface area contributed by atoms with Crippen molar-refractivity contribution >= 4 is 16.9 Å². The van der Waals surface area contributed by atoms with Crippen molar-refractivity contribution in [1.29, 1.82) is 0 Å². The molecule has 0 spiro atoms. The third-order valence-electron chi connectivity index (χ3n) is 4.21. The molecule has 0 amide bonds. The van der Waals surface area contributed by atoms with Crippen molar-refractivity contribution in [3.63, 3.8) is 0 Å². The molecular weight excluding hydrogens is 300 g/mol. The Morgan fingerprint density at radius 3 is 2.79 bits per heavy atom. The average molecular weight is 330 g/mol. The maximum Gasteiger partial charge on any atom is 0.191 e. The van der Waals surface area contributed by atoms with Crippen LogP contribution in [-0.4, -0.2) is 43.3 Å². The molecule has 2 rings (SSSR count). The van der Waals surface area contributed by atoms with Crippen LogP contribution >= 0.6 is 0 Å². The molecule has 0 radical (unpaired) electrons. The summed E-state index contributed by atoms with van der Waals surface area (Å²) in [6, 6.07) is 6.42. The molecular formula is C19H30N4O. The van der Waals surface area contributed by atoms with Gasteiger partial charge in [-0.05, 0) is 45.2 Å². The van der Waals surface area contributed by atoms with E-state index in [-0.39, 0.29) is 5.60 Å². The van der Waals surface area contributed by atoms with Crippen molar-refractivity contribution in [2.24, 2.45) is 4.99 Å². The fourth-order valence-corrected chi connectivity index (χ4v) is 2.56. The van der Waals surface area contributed by atoms with E-state index in [1.165, 1.54) is 22.0 Å². The number of nitrogens with zero attached hydrogens (tertiary/aromatic N) is 1. The summed E-state index contributed by atoms with van der Waals surface area (Å²) in [4.78, 5) is 8.00.